The molecule has 1 saturated heterocycles. The Labute approximate surface area is 94.2 Å². The lowest BCUT2D eigenvalue weighted by molar-refractivity contribution is -0.0378. The van der Waals surface area contributed by atoms with E-state index in [2.05, 4.69) is 32.6 Å². The van der Waals surface area contributed by atoms with Gasteiger partial charge >= 0.3 is 0 Å². The zero-order chi connectivity index (χ0) is 11.3. The first-order chi connectivity index (χ1) is 6.81. The van der Waals surface area contributed by atoms with Crippen molar-refractivity contribution in [1.82, 2.24) is 4.90 Å². The molecule has 2 fully saturated rings. The normalized spacial score (nSPS) is 31.8. The SMILES string of the molecule is CC1(C)CC(N)CC(C)(C)N1CC1CC1. The van der Waals surface area contributed by atoms with Crippen molar-refractivity contribution in [1.29, 1.82) is 0 Å². The first kappa shape index (κ1) is 11.4. The Morgan fingerprint density at radius 2 is 1.53 bits per heavy atom. The topological polar surface area (TPSA) is 29.3 Å². The first-order valence-corrected chi connectivity index (χ1v) is 6.35. The summed E-state index contributed by atoms with van der Waals surface area (Å²) in [4.78, 5) is 2.71. The summed E-state index contributed by atoms with van der Waals surface area (Å²) in [6.07, 6.45) is 5.16. The molecule has 15 heavy (non-hydrogen) atoms. The number of piperidine rings is 1. The molecule has 0 radical (unpaired) electrons. The van der Waals surface area contributed by atoms with Crippen molar-refractivity contribution < 1.29 is 0 Å². The summed E-state index contributed by atoms with van der Waals surface area (Å²) in [6.45, 7) is 10.7. The van der Waals surface area contributed by atoms with Gasteiger partial charge in [-0.2, -0.15) is 0 Å². The van der Waals surface area contributed by atoms with E-state index in [0.29, 0.717) is 6.04 Å². The molecule has 2 heteroatoms. The minimum atomic E-state index is 0.282. The molecule has 1 saturated carbocycles. The van der Waals surface area contributed by atoms with Gasteiger partial charge in [-0.15, -0.1) is 0 Å². The van der Waals surface area contributed by atoms with Gasteiger partial charge < -0.3 is 5.73 Å². The number of hydrogen-bond donors (Lipinski definition) is 1. The van der Waals surface area contributed by atoms with E-state index in [1.54, 1.807) is 0 Å². The number of rotatable bonds is 2. The standard InChI is InChI=1S/C13H26N2/c1-12(2)7-11(14)8-13(3,4)15(12)9-10-5-6-10/h10-11H,5-9,14H2,1-4H3. The number of likely N-dealkylation sites (tertiary alicyclic amines) is 1. The largest absolute Gasteiger partial charge is 0.328 e. The second-order valence-corrected chi connectivity index (χ2v) is 6.85. The third-order valence-electron chi connectivity index (χ3n) is 4.12. The molecule has 0 amide bonds. The zero-order valence-corrected chi connectivity index (χ0v) is 10.7. The summed E-state index contributed by atoms with van der Waals surface area (Å²) in [5.41, 5.74) is 6.73. The Balaban J connectivity index is 2.13. The second kappa shape index (κ2) is 3.46. The fraction of sp³-hybridized carbons (Fsp3) is 1.00. The molecule has 0 aromatic rings. The molecular weight excluding hydrogens is 184 g/mol. The van der Waals surface area contributed by atoms with Crippen molar-refractivity contribution in [3.05, 3.63) is 0 Å². The summed E-state index contributed by atoms with van der Waals surface area (Å²) in [5.74, 6) is 0.970. The van der Waals surface area contributed by atoms with Crippen LogP contribution in [0.2, 0.25) is 0 Å². The van der Waals surface area contributed by atoms with Crippen LogP contribution in [-0.2, 0) is 0 Å². The molecule has 0 bridgehead atoms. The van der Waals surface area contributed by atoms with Gasteiger partial charge in [0, 0.05) is 23.7 Å². The average Bonchev–Trinajstić information content (AvgIpc) is 2.76. The van der Waals surface area contributed by atoms with Crippen LogP contribution in [-0.4, -0.2) is 28.6 Å². The second-order valence-electron chi connectivity index (χ2n) is 6.85. The van der Waals surface area contributed by atoms with Crippen LogP contribution in [0.4, 0.5) is 0 Å². The van der Waals surface area contributed by atoms with Crippen molar-refractivity contribution >= 4 is 0 Å². The average molecular weight is 210 g/mol. The van der Waals surface area contributed by atoms with Gasteiger partial charge in [-0.1, -0.05) is 0 Å². The molecule has 1 heterocycles. The highest BCUT2D eigenvalue weighted by Crippen LogP contribution is 2.41. The Morgan fingerprint density at radius 1 is 1.07 bits per heavy atom. The van der Waals surface area contributed by atoms with E-state index in [0.717, 1.165) is 18.8 Å². The number of nitrogens with two attached hydrogens (primary N) is 1. The van der Waals surface area contributed by atoms with Crippen LogP contribution >= 0.6 is 0 Å². The molecular formula is C13H26N2. The van der Waals surface area contributed by atoms with E-state index in [1.807, 2.05) is 0 Å². The molecule has 2 nitrogen and oxygen atoms in total. The number of nitrogens with zero attached hydrogens (tertiary/aromatic N) is 1. The van der Waals surface area contributed by atoms with Crippen molar-refractivity contribution in [2.24, 2.45) is 11.7 Å². The third-order valence-corrected chi connectivity index (χ3v) is 4.12. The monoisotopic (exact) mass is 210 g/mol. The Kier molecular flexibility index (Phi) is 2.63. The van der Waals surface area contributed by atoms with E-state index in [-0.39, 0.29) is 11.1 Å². The van der Waals surface area contributed by atoms with Gasteiger partial charge in [0.1, 0.15) is 0 Å². The zero-order valence-electron chi connectivity index (χ0n) is 10.7. The van der Waals surface area contributed by atoms with Crippen LogP contribution < -0.4 is 5.73 Å². The van der Waals surface area contributed by atoms with Gasteiger partial charge in [-0.05, 0) is 59.3 Å². The lowest BCUT2D eigenvalue weighted by atomic mass is 9.77. The highest BCUT2D eigenvalue weighted by molar-refractivity contribution is 5.02. The van der Waals surface area contributed by atoms with Gasteiger partial charge in [-0.25, -0.2) is 0 Å². The van der Waals surface area contributed by atoms with E-state index in [1.165, 1.54) is 19.4 Å². The number of hydrogen-bond acceptors (Lipinski definition) is 2. The molecule has 0 atom stereocenters. The minimum Gasteiger partial charge on any atom is -0.328 e. The molecule has 0 spiro atoms. The van der Waals surface area contributed by atoms with Crippen LogP contribution in [0.3, 0.4) is 0 Å². The summed E-state index contributed by atoms with van der Waals surface area (Å²) >= 11 is 0. The first-order valence-electron chi connectivity index (χ1n) is 6.35. The van der Waals surface area contributed by atoms with Crippen LogP contribution in [0.15, 0.2) is 0 Å². The molecule has 1 aliphatic carbocycles. The quantitative estimate of drug-likeness (QED) is 0.758. The van der Waals surface area contributed by atoms with Crippen molar-refractivity contribution in [2.75, 3.05) is 6.54 Å². The smallest absolute Gasteiger partial charge is 0.0173 e. The highest BCUT2D eigenvalue weighted by Gasteiger charge is 2.45. The van der Waals surface area contributed by atoms with Gasteiger partial charge in [0.2, 0.25) is 0 Å². The summed E-state index contributed by atoms with van der Waals surface area (Å²) in [7, 11) is 0. The van der Waals surface area contributed by atoms with E-state index >= 15 is 0 Å². The van der Waals surface area contributed by atoms with Gasteiger partial charge in [-0.3, -0.25) is 4.90 Å². The summed E-state index contributed by atoms with van der Waals surface area (Å²) < 4.78 is 0. The van der Waals surface area contributed by atoms with E-state index in [9.17, 15) is 0 Å². The fourth-order valence-electron chi connectivity index (χ4n) is 3.45. The predicted molar refractivity (Wildman–Crippen MR) is 64.8 cm³/mol. The maximum Gasteiger partial charge on any atom is 0.0173 e. The highest BCUT2D eigenvalue weighted by atomic mass is 15.3. The lowest BCUT2D eigenvalue weighted by Crippen LogP contribution is -2.63. The van der Waals surface area contributed by atoms with Crippen molar-refractivity contribution in [3.63, 3.8) is 0 Å². The summed E-state index contributed by atoms with van der Waals surface area (Å²) in [5, 5.41) is 0. The van der Waals surface area contributed by atoms with Gasteiger partial charge in [0.05, 0.1) is 0 Å². The lowest BCUT2D eigenvalue weighted by Gasteiger charge is -2.55. The third kappa shape index (κ3) is 2.36. The fourth-order valence-corrected chi connectivity index (χ4v) is 3.45. The maximum atomic E-state index is 6.17. The molecule has 0 aromatic heterocycles. The van der Waals surface area contributed by atoms with Crippen molar-refractivity contribution in [3.8, 4) is 0 Å². The molecule has 0 aromatic carbocycles. The Bertz CT molecular complexity index is 223. The van der Waals surface area contributed by atoms with Crippen molar-refractivity contribution in [2.45, 2.75) is 70.5 Å². The molecule has 2 rings (SSSR count). The summed E-state index contributed by atoms with van der Waals surface area (Å²) in [6, 6.07) is 0.380. The van der Waals surface area contributed by atoms with Crippen LogP contribution in [0.25, 0.3) is 0 Å². The molecule has 88 valence electrons. The van der Waals surface area contributed by atoms with Gasteiger partial charge in [0.25, 0.3) is 0 Å². The van der Waals surface area contributed by atoms with E-state index < -0.39 is 0 Å². The van der Waals surface area contributed by atoms with Crippen LogP contribution in [0.1, 0.15) is 53.4 Å². The predicted octanol–water partition coefficient (Wildman–Crippen LogP) is 2.38. The molecule has 2 N–H and O–H groups in total. The Morgan fingerprint density at radius 3 is 1.93 bits per heavy atom. The maximum absolute atomic E-state index is 6.17. The molecule has 2 aliphatic rings. The Hall–Kier alpha value is -0.0800. The molecule has 1 aliphatic heterocycles. The molecule has 0 unspecified atom stereocenters. The van der Waals surface area contributed by atoms with E-state index in [4.69, 9.17) is 5.73 Å². The minimum absolute atomic E-state index is 0.282. The van der Waals surface area contributed by atoms with Crippen LogP contribution in [0.5, 0.6) is 0 Å². The van der Waals surface area contributed by atoms with Crippen LogP contribution in [0, 0.1) is 5.92 Å². The van der Waals surface area contributed by atoms with Gasteiger partial charge in [0.15, 0.2) is 0 Å².